The molecule has 0 bridgehead atoms. The first-order chi connectivity index (χ1) is 15.9. The number of carbonyl (C=O) groups is 5. The molecule has 0 aliphatic carbocycles. The third-order valence-electron chi connectivity index (χ3n) is 5.44. The van der Waals surface area contributed by atoms with Crippen molar-refractivity contribution in [2.24, 2.45) is 23.3 Å². The van der Waals surface area contributed by atoms with Crippen LogP contribution in [0.4, 0.5) is 0 Å². The van der Waals surface area contributed by atoms with Crippen LogP contribution >= 0.6 is 0 Å². The van der Waals surface area contributed by atoms with Gasteiger partial charge in [0, 0.05) is 18.3 Å². The highest BCUT2D eigenvalue weighted by Crippen LogP contribution is 2.08. The molecule has 1 heterocycles. The van der Waals surface area contributed by atoms with Gasteiger partial charge in [0.25, 0.3) is 0 Å². The number of aliphatic carboxylic acids is 1. The van der Waals surface area contributed by atoms with Crippen molar-refractivity contribution in [3.8, 4) is 0 Å². The van der Waals surface area contributed by atoms with E-state index in [4.69, 9.17) is 11.5 Å². The van der Waals surface area contributed by atoms with Gasteiger partial charge < -0.3 is 37.5 Å². The molecule has 13 nitrogen and oxygen atoms in total. The third-order valence-corrected chi connectivity index (χ3v) is 5.44. The van der Waals surface area contributed by atoms with Crippen LogP contribution in [0.1, 0.15) is 46.2 Å². The van der Waals surface area contributed by atoms with Crippen LogP contribution in [0.15, 0.2) is 12.5 Å². The van der Waals surface area contributed by atoms with Gasteiger partial charge in [0.05, 0.1) is 18.8 Å². The molecule has 5 unspecified atom stereocenters. The molecule has 5 atom stereocenters. The Kier molecular flexibility index (Phi) is 11.2. The van der Waals surface area contributed by atoms with Gasteiger partial charge in [0.15, 0.2) is 0 Å². The molecule has 1 aromatic heterocycles. The van der Waals surface area contributed by atoms with Crippen LogP contribution < -0.4 is 27.4 Å². The van der Waals surface area contributed by atoms with Crippen molar-refractivity contribution in [3.05, 3.63) is 18.2 Å². The molecule has 34 heavy (non-hydrogen) atoms. The van der Waals surface area contributed by atoms with Gasteiger partial charge in [-0.15, -0.1) is 0 Å². The van der Waals surface area contributed by atoms with Gasteiger partial charge in [0.1, 0.15) is 18.1 Å². The smallest absolute Gasteiger partial charge is 0.326 e. The number of carbonyl (C=O) groups excluding carboxylic acids is 4. The van der Waals surface area contributed by atoms with Gasteiger partial charge in [-0.3, -0.25) is 19.2 Å². The molecule has 4 amide bonds. The van der Waals surface area contributed by atoms with E-state index < -0.39 is 66.1 Å². The minimum Gasteiger partial charge on any atom is -0.480 e. The van der Waals surface area contributed by atoms with Crippen LogP contribution in [-0.4, -0.2) is 68.8 Å². The summed E-state index contributed by atoms with van der Waals surface area (Å²) in [5.74, 6) is -4.93. The number of hydrogen-bond donors (Lipinski definition) is 7. The molecule has 1 aromatic rings. The molecule has 0 saturated carbocycles. The van der Waals surface area contributed by atoms with E-state index in [9.17, 15) is 29.1 Å². The Bertz CT molecular complexity index is 858. The molecule has 0 radical (unpaired) electrons. The SMILES string of the molecule is CCC(C)C(N)C(=O)NC(CC(N)=O)C(=O)NC(Cc1cnc[nH]1)C(=O)NC(C(=O)O)C(C)C. The molecule has 9 N–H and O–H groups in total. The lowest BCUT2D eigenvalue weighted by Crippen LogP contribution is -2.59. The maximum Gasteiger partial charge on any atom is 0.326 e. The lowest BCUT2D eigenvalue weighted by atomic mass is 9.98. The van der Waals surface area contributed by atoms with E-state index in [0.717, 1.165) is 0 Å². The van der Waals surface area contributed by atoms with E-state index in [-0.39, 0.29) is 12.3 Å². The maximum absolute atomic E-state index is 13.0. The van der Waals surface area contributed by atoms with Gasteiger partial charge in [-0.25, -0.2) is 9.78 Å². The number of carboxylic acids is 1. The van der Waals surface area contributed by atoms with Crippen molar-refractivity contribution in [2.45, 2.75) is 71.1 Å². The summed E-state index contributed by atoms with van der Waals surface area (Å²) in [6, 6.07) is -4.72. The largest absolute Gasteiger partial charge is 0.480 e. The summed E-state index contributed by atoms with van der Waals surface area (Å²) >= 11 is 0. The zero-order valence-electron chi connectivity index (χ0n) is 19.8. The standard InChI is InChI=1S/C21H35N7O6/c1-5-11(4)16(23)20(32)27-14(7-15(22)29)18(30)26-13(6-12-8-24-9-25-12)19(31)28-17(10(2)3)21(33)34/h8-11,13-14,16-17H,5-7,23H2,1-4H3,(H2,22,29)(H,24,25)(H,26,30)(H,27,32)(H,28,31)(H,33,34). The van der Waals surface area contributed by atoms with Crippen LogP contribution in [0, 0.1) is 11.8 Å². The highest BCUT2D eigenvalue weighted by molar-refractivity contribution is 5.96. The van der Waals surface area contributed by atoms with Gasteiger partial charge in [0.2, 0.25) is 23.6 Å². The normalized spacial score (nSPS) is 15.5. The number of amides is 4. The minimum atomic E-state index is -1.38. The first kappa shape index (κ1) is 28.6. The van der Waals surface area contributed by atoms with Crippen LogP contribution in [0.2, 0.25) is 0 Å². The van der Waals surface area contributed by atoms with Crippen LogP contribution in [0.3, 0.4) is 0 Å². The number of primary amides is 1. The van der Waals surface area contributed by atoms with Crippen molar-refractivity contribution in [1.82, 2.24) is 25.9 Å². The minimum absolute atomic E-state index is 0.0500. The summed E-state index contributed by atoms with van der Waals surface area (Å²) in [4.78, 5) is 68.1. The maximum atomic E-state index is 13.0. The lowest BCUT2D eigenvalue weighted by molar-refractivity contribution is -0.143. The molecule has 0 spiro atoms. The number of rotatable bonds is 14. The quantitative estimate of drug-likeness (QED) is 0.163. The summed E-state index contributed by atoms with van der Waals surface area (Å²) < 4.78 is 0. The lowest BCUT2D eigenvalue weighted by Gasteiger charge is -2.26. The van der Waals surface area contributed by atoms with Crippen LogP contribution in [0.5, 0.6) is 0 Å². The fourth-order valence-electron chi connectivity index (χ4n) is 3.06. The van der Waals surface area contributed by atoms with Crippen molar-refractivity contribution < 1.29 is 29.1 Å². The summed E-state index contributed by atoms with van der Waals surface area (Å²) in [7, 11) is 0. The second-order valence-corrected chi connectivity index (χ2v) is 8.55. The zero-order chi connectivity index (χ0) is 26.0. The van der Waals surface area contributed by atoms with Gasteiger partial charge >= 0.3 is 5.97 Å². The third kappa shape index (κ3) is 8.81. The highest BCUT2D eigenvalue weighted by Gasteiger charge is 2.32. The summed E-state index contributed by atoms with van der Waals surface area (Å²) in [5.41, 5.74) is 11.6. The fraction of sp³-hybridized carbons (Fsp3) is 0.619. The molecule has 0 aromatic carbocycles. The molecule has 0 fully saturated rings. The first-order valence-electron chi connectivity index (χ1n) is 11.0. The predicted molar refractivity (Wildman–Crippen MR) is 122 cm³/mol. The van der Waals surface area contributed by atoms with Gasteiger partial charge in [-0.2, -0.15) is 0 Å². The molecule has 0 saturated heterocycles. The van der Waals surface area contributed by atoms with E-state index in [0.29, 0.717) is 12.1 Å². The Morgan fingerprint density at radius 3 is 2.09 bits per heavy atom. The second kappa shape index (κ2) is 13.3. The number of H-pyrrole nitrogens is 1. The first-order valence-corrected chi connectivity index (χ1v) is 11.0. The number of carboxylic acid groups (broad SMARTS) is 1. The average molecular weight is 482 g/mol. The predicted octanol–water partition coefficient (Wildman–Crippen LogP) is -1.60. The summed E-state index contributed by atoms with van der Waals surface area (Å²) in [5, 5.41) is 16.7. The number of aromatic amines is 1. The zero-order valence-corrected chi connectivity index (χ0v) is 19.8. The molecular formula is C21H35N7O6. The summed E-state index contributed by atoms with van der Waals surface area (Å²) in [6.07, 6.45) is 2.87. The molecule has 190 valence electrons. The Labute approximate surface area is 197 Å². The topological polar surface area (TPSA) is 222 Å². The molecule has 1 rings (SSSR count). The Hall–Kier alpha value is -3.48. The molecule has 13 heteroatoms. The van der Waals surface area contributed by atoms with E-state index in [1.165, 1.54) is 12.5 Å². The van der Waals surface area contributed by atoms with Gasteiger partial charge in [-0.1, -0.05) is 34.1 Å². The van der Waals surface area contributed by atoms with Crippen molar-refractivity contribution in [1.29, 1.82) is 0 Å². The van der Waals surface area contributed by atoms with E-state index in [1.54, 1.807) is 20.8 Å². The Balaban J connectivity index is 3.09. The number of aromatic nitrogens is 2. The average Bonchev–Trinajstić information content (AvgIpc) is 3.27. The summed E-state index contributed by atoms with van der Waals surface area (Å²) in [6.45, 7) is 6.87. The van der Waals surface area contributed by atoms with Crippen LogP contribution in [-0.2, 0) is 30.4 Å². The van der Waals surface area contributed by atoms with Gasteiger partial charge in [-0.05, 0) is 11.8 Å². The van der Waals surface area contributed by atoms with E-state index >= 15 is 0 Å². The molecular weight excluding hydrogens is 446 g/mol. The van der Waals surface area contributed by atoms with Crippen molar-refractivity contribution in [2.75, 3.05) is 0 Å². The number of imidazole rings is 1. The van der Waals surface area contributed by atoms with Crippen molar-refractivity contribution in [3.63, 3.8) is 0 Å². The number of nitrogens with one attached hydrogen (secondary N) is 4. The second-order valence-electron chi connectivity index (χ2n) is 8.55. The molecule has 0 aliphatic rings. The Morgan fingerprint density at radius 1 is 1.03 bits per heavy atom. The van der Waals surface area contributed by atoms with E-state index in [1.807, 2.05) is 6.92 Å². The highest BCUT2D eigenvalue weighted by atomic mass is 16.4. The van der Waals surface area contributed by atoms with Crippen molar-refractivity contribution >= 4 is 29.6 Å². The number of nitrogens with zero attached hydrogens (tertiary/aromatic N) is 1. The fourth-order valence-corrected chi connectivity index (χ4v) is 3.06. The van der Waals surface area contributed by atoms with E-state index in [2.05, 4.69) is 25.9 Å². The monoisotopic (exact) mass is 481 g/mol. The molecule has 0 aliphatic heterocycles. The van der Waals surface area contributed by atoms with Crippen LogP contribution in [0.25, 0.3) is 0 Å². The number of hydrogen-bond acceptors (Lipinski definition) is 7. The Morgan fingerprint density at radius 2 is 1.62 bits per heavy atom. The number of nitrogens with two attached hydrogens (primary N) is 2.